The van der Waals surface area contributed by atoms with Gasteiger partial charge < -0.3 is 34.7 Å². The summed E-state index contributed by atoms with van der Waals surface area (Å²) in [6.45, 7) is 10.6. The molecule has 2 aromatic rings. The molecule has 1 aromatic carbocycles. The summed E-state index contributed by atoms with van der Waals surface area (Å²) >= 11 is 0. The third-order valence-electron chi connectivity index (χ3n) is 7.80. The van der Waals surface area contributed by atoms with E-state index in [1.54, 1.807) is 12.0 Å². The van der Waals surface area contributed by atoms with Crippen LogP contribution in [0.25, 0.3) is 0 Å². The number of carbonyl (C=O) groups excluding carboxylic acids is 1. The fraction of sp³-hybridized carbons (Fsp3) is 0.586. The fourth-order valence-corrected chi connectivity index (χ4v) is 5.80. The second-order valence-corrected chi connectivity index (χ2v) is 11.7. The molecule has 1 amide bonds. The van der Waals surface area contributed by atoms with Gasteiger partial charge in [0.05, 0.1) is 25.9 Å². The largest absolute Gasteiger partial charge is 0.467 e. The van der Waals surface area contributed by atoms with Gasteiger partial charge in [-0.15, -0.1) is 0 Å². The summed E-state index contributed by atoms with van der Waals surface area (Å²) in [6, 6.07) is 6.74. The number of carbonyl (C=O) groups is 1. The monoisotopic (exact) mass is 536 g/mol. The number of aromatic nitrogens is 2. The van der Waals surface area contributed by atoms with Crippen LogP contribution in [0, 0.1) is 12.3 Å². The van der Waals surface area contributed by atoms with Crippen molar-refractivity contribution in [3.05, 3.63) is 34.9 Å². The van der Waals surface area contributed by atoms with Gasteiger partial charge in [-0.2, -0.15) is 9.97 Å². The topological polar surface area (TPSA) is 113 Å². The summed E-state index contributed by atoms with van der Waals surface area (Å²) in [6.07, 6.45) is 5.23. The minimum Gasteiger partial charge on any atom is -0.467 e. The number of ether oxygens (including phenoxy) is 3. The van der Waals surface area contributed by atoms with Gasteiger partial charge in [0.15, 0.2) is 0 Å². The zero-order chi connectivity index (χ0) is 27.7. The number of benzene rings is 1. The molecule has 1 aromatic heterocycles. The van der Waals surface area contributed by atoms with Crippen molar-refractivity contribution in [1.82, 2.24) is 14.9 Å². The molecule has 4 aliphatic rings. The van der Waals surface area contributed by atoms with E-state index in [1.807, 2.05) is 32.9 Å². The van der Waals surface area contributed by atoms with Gasteiger partial charge in [-0.3, -0.25) is 0 Å². The minimum absolute atomic E-state index is 0.235. The standard InChI is InChI=1S/C29H40N6O4/c1-18-12-20(15-30)24(13-23(18)19-8-10-34(11-9-19)28(36)39-29(2,3)4)31-25-14-26(33-27(32-25)37-5)35-16-22-7-6-21(35)17-38-22/h12-15,19,21-22,30H,6-11,16-17H2,1-5H3,(H,31,32,33). The molecule has 0 aliphatic carbocycles. The zero-order valence-corrected chi connectivity index (χ0v) is 23.6. The Hall–Kier alpha value is -3.40. The molecule has 10 nitrogen and oxygen atoms in total. The number of hydrogen-bond donors (Lipinski definition) is 2. The Balaban J connectivity index is 1.36. The Morgan fingerprint density at radius 3 is 2.51 bits per heavy atom. The van der Waals surface area contributed by atoms with Gasteiger partial charge in [0, 0.05) is 43.2 Å². The molecule has 2 atom stereocenters. The molecule has 10 heteroatoms. The number of amides is 1. The second kappa shape index (κ2) is 11.0. The third-order valence-corrected chi connectivity index (χ3v) is 7.80. The van der Waals surface area contributed by atoms with Crippen molar-refractivity contribution in [2.24, 2.45) is 0 Å². The number of fused-ring (bicyclic) bond motifs is 3. The number of methoxy groups -OCH3 is 1. The van der Waals surface area contributed by atoms with E-state index in [2.05, 4.69) is 33.2 Å². The van der Waals surface area contributed by atoms with Gasteiger partial charge in [-0.25, -0.2) is 4.79 Å². The van der Waals surface area contributed by atoms with Crippen molar-refractivity contribution < 1.29 is 19.0 Å². The van der Waals surface area contributed by atoms with Crippen LogP contribution < -0.4 is 15.0 Å². The van der Waals surface area contributed by atoms with E-state index in [9.17, 15) is 4.79 Å². The smallest absolute Gasteiger partial charge is 0.410 e. The van der Waals surface area contributed by atoms with Crippen LogP contribution in [0.15, 0.2) is 18.2 Å². The molecular weight excluding hydrogens is 496 g/mol. The summed E-state index contributed by atoms with van der Waals surface area (Å²) < 4.78 is 16.9. The van der Waals surface area contributed by atoms with Crippen LogP contribution >= 0.6 is 0 Å². The maximum atomic E-state index is 12.5. The summed E-state index contributed by atoms with van der Waals surface area (Å²) in [4.78, 5) is 25.8. The predicted octanol–water partition coefficient (Wildman–Crippen LogP) is 5.02. The van der Waals surface area contributed by atoms with Crippen LogP contribution in [-0.2, 0) is 9.47 Å². The van der Waals surface area contributed by atoms with E-state index in [4.69, 9.17) is 19.6 Å². The minimum atomic E-state index is -0.501. The summed E-state index contributed by atoms with van der Waals surface area (Å²) in [5, 5.41) is 11.5. The molecule has 2 bridgehead atoms. The fourth-order valence-electron chi connectivity index (χ4n) is 5.80. The van der Waals surface area contributed by atoms with E-state index in [1.165, 1.54) is 11.8 Å². The van der Waals surface area contributed by atoms with E-state index in [-0.39, 0.29) is 12.2 Å². The number of rotatable bonds is 6. The lowest BCUT2D eigenvalue weighted by atomic mass is 9.85. The quantitative estimate of drug-likeness (QED) is 0.495. The van der Waals surface area contributed by atoms with Crippen LogP contribution in [0.2, 0.25) is 0 Å². The number of hydrogen-bond acceptors (Lipinski definition) is 9. The first-order valence-electron chi connectivity index (χ1n) is 13.8. The van der Waals surface area contributed by atoms with Crippen LogP contribution in [0.1, 0.15) is 69.1 Å². The lowest BCUT2D eigenvalue weighted by Gasteiger charge is -2.45. The first-order chi connectivity index (χ1) is 18.6. The van der Waals surface area contributed by atoms with E-state index < -0.39 is 5.60 Å². The van der Waals surface area contributed by atoms with Gasteiger partial charge in [-0.05, 0) is 82.6 Å². The number of anilines is 3. The predicted molar refractivity (Wildman–Crippen MR) is 151 cm³/mol. The Bertz CT molecular complexity index is 1210. The molecule has 4 aliphatic heterocycles. The molecule has 0 spiro atoms. The Morgan fingerprint density at radius 1 is 1.15 bits per heavy atom. The molecule has 39 heavy (non-hydrogen) atoms. The van der Waals surface area contributed by atoms with Gasteiger partial charge in [0.2, 0.25) is 0 Å². The molecule has 6 rings (SSSR count). The highest BCUT2D eigenvalue weighted by Crippen LogP contribution is 2.36. The van der Waals surface area contributed by atoms with Crippen molar-refractivity contribution in [1.29, 1.82) is 5.41 Å². The molecular formula is C29H40N6O4. The molecule has 0 saturated carbocycles. The molecule has 4 saturated heterocycles. The Labute approximate surface area is 230 Å². The second-order valence-electron chi connectivity index (χ2n) is 11.7. The lowest BCUT2D eigenvalue weighted by molar-refractivity contribution is -0.0229. The Kier molecular flexibility index (Phi) is 7.66. The van der Waals surface area contributed by atoms with Gasteiger partial charge in [0.1, 0.15) is 17.2 Å². The van der Waals surface area contributed by atoms with Gasteiger partial charge in [-0.1, -0.05) is 0 Å². The van der Waals surface area contributed by atoms with Crippen molar-refractivity contribution in [2.45, 2.75) is 77.0 Å². The van der Waals surface area contributed by atoms with Crippen LogP contribution in [0.3, 0.4) is 0 Å². The summed E-state index contributed by atoms with van der Waals surface area (Å²) in [5.74, 6) is 1.75. The van der Waals surface area contributed by atoms with Gasteiger partial charge >= 0.3 is 12.1 Å². The molecule has 5 heterocycles. The molecule has 210 valence electrons. The summed E-state index contributed by atoms with van der Waals surface area (Å²) in [7, 11) is 1.57. The highest BCUT2D eigenvalue weighted by atomic mass is 16.6. The first-order valence-corrected chi connectivity index (χ1v) is 13.8. The SMILES string of the molecule is COc1nc(Nc2cc(C3CCN(C(=O)OC(C)(C)C)CC3)c(C)cc2C=N)cc(N2CC3CCC2CO3)n1. The van der Waals surface area contributed by atoms with Crippen molar-refractivity contribution in [2.75, 3.05) is 43.6 Å². The zero-order valence-electron chi connectivity index (χ0n) is 23.6. The number of morpholine rings is 1. The average Bonchev–Trinajstić information content (AvgIpc) is 2.93. The van der Waals surface area contributed by atoms with Crippen molar-refractivity contribution >= 4 is 29.6 Å². The third kappa shape index (κ3) is 6.11. The van der Waals surface area contributed by atoms with Crippen molar-refractivity contribution in [3.8, 4) is 6.01 Å². The Morgan fingerprint density at radius 2 is 1.92 bits per heavy atom. The first kappa shape index (κ1) is 27.2. The van der Waals surface area contributed by atoms with Crippen molar-refractivity contribution in [3.63, 3.8) is 0 Å². The number of piperidine rings is 2. The van der Waals surface area contributed by atoms with Crippen LogP contribution in [-0.4, -0.2) is 78.3 Å². The van der Waals surface area contributed by atoms with E-state index in [0.29, 0.717) is 43.5 Å². The number of nitrogens with zero attached hydrogens (tertiary/aromatic N) is 4. The molecule has 2 N–H and O–H groups in total. The van der Waals surface area contributed by atoms with E-state index >= 15 is 0 Å². The highest BCUT2D eigenvalue weighted by Gasteiger charge is 2.36. The average molecular weight is 537 g/mol. The lowest BCUT2D eigenvalue weighted by Crippen LogP contribution is -2.54. The molecule has 0 radical (unpaired) electrons. The highest BCUT2D eigenvalue weighted by molar-refractivity contribution is 5.88. The summed E-state index contributed by atoms with van der Waals surface area (Å²) in [5.41, 5.74) is 3.46. The van der Waals surface area contributed by atoms with E-state index in [0.717, 1.165) is 54.9 Å². The molecule has 2 unspecified atom stereocenters. The number of aryl methyl sites for hydroxylation is 1. The van der Waals surface area contributed by atoms with Gasteiger partial charge in [0.25, 0.3) is 0 Å². The normalized spacial score (nSPS) is 21.6. The van der Waals surface area contributed by atoms with Crippen LogP contribution in [0.4, 0.5) is 22.1 Å². The number of nitrogens with one attached hydrogen (secondary N) is 2. The van der Waals surface area contributed by atoms with Crippen LogP contribution in [0.5, 0.6) is 6.01 Å². The maximum Gasteiger partial charge on any atom is 0.410 e. The number of likely N-dealkylation sites (tertiary alicyclic amines) is 1. The molecule has 4 fully saturated rings. The maximum absolute atomic E-state index is 12.5.